The first-order chi connectivity index (χ1) is 16.5. The van der Waals surface area contributed by atoms with Gasteiger partial charge < -0.3 is 22.5 Å². The molecule has 0 aliphatic heterocycles. The second-order valence-corrected chi connectivity index (χ2v) is 7.59. The third kappa shape index (κ3) is 9.86. The van der Waals surface area contributed by atoms with Crippen molar-refractivity contribution in [3.63, 3.8) is 0 Å². The third-order valence-corrected chi connectivity index (χ3v) is 5.01. The van der Waals surface area contributed by atoms with Crippen LogP contribution in [0.5, 0.6) is 0 Å². The molecule has 0 saturated carbocycles. The van der Waals surface area contributed by atoms with Gasteiger partial charge in [0.15, 0.2) is 0 Å². The van der Waals surface area contributed by atoms with E-state index in [0.717, 1.165) is 11.1 Å². The number of amides is 2. The first-order valence-corrected chi connectivity index (χ1v) is 11.0. The Labute approximate surface area is 227 Å². The number of nitrogens with one attached hydrogen (secondary N) is 3. The number of aromatic nitrogens is 2. The van der Waals surface area contributed by atoms with Crippen LogP contribution < -0.4 is 45.5 Å². The van der Waals surface area contributed by atoms with Crippen LogP contribution in [0, 0.1) is 0 Å². The van der Waals surface area contributed by atoms with E-state index in [4.69, 9.17) is 0 Å². The zero-order valence-electron chi connectivity index (χ0n) is 20.6. The molecule has 0 aliphatic carbocycles. The summed E-state index contributed by atoms with van der Waals surface area (Å²) in [4.78, 5) is 43.8. The third-order valence-electron chi connectivity index (χ3n) is 5.01. The van der Waals surface area contributed by atoms with E-state index in [9.17, 15) is 19.5 Å². The molecule has 0 saturated heterocycles. The SMILES string of the molecule is O=C(O)CC(NC(=O)CNC(=O)CCCNc1ncccn1)c1ccc(-c2ccccc2)cc1.[H-].[Na+]. The Morgan fingerprint density at radius 1 is 0.886 bits per heavy atom. The Bertz CT molecular complexity index is 1090. The maximum Gasteiger partial charge on any atom is 1.00 e. The number of carbonyl (C=O) groups is 3. The van der Waals surface area contributed by atoms with Gasteiger partial charge in [-0.05, 0) is 29.2 Å². The molecular formula is C25H28N5NaO4. The normalized spacial score (nSPS) is 11.0. The van der Waals surface area contributed by atoms with Crippen LogP contribution in [0.3, 0.4) is 0 Å². The van der Waals surface area contributed by atoms with Crippen LogP contribution in [0.25, 0.3) is 11.1 Å². The number of carboxylic acid groups (broad SMARTS) is 1. The molecule has 10 heteroatoms. The van der Waals surface area contributed by atoms with Gasteiger partial charge in [-0.1, -0.05) is 54.6 Å². The molecule has 1 atom stereocenters. The molecule has 0 spiro atoms. The number of carboxylic acids is 1. The predicted octanol–water partition coefficient (Wildman–Crippen LogP) is -0.0994. The molecule has 0 aliphatic rings. The summed E-state index contributed by atoms with van der Waals surface area (Å²) in [5.41, 5.74) is 2.71. The summed E-state index contributed by atoms with van der Waals surface area (Å²) in [7, 11) is 0. The molecule has 2 aromatic carbocycles. The fourth-order valence-electron chi connectivity index (χ4n) is 3.32. The van der Waals surface area contributed by atoms with E-state index >= 15 is 0 Å². The Hall–Kier alpha value is -3.27. The van der Waals surface area contributed by atoms with Crippen molar-refractivity contribution in [3.8, 4) is 11.1 Å². The smallest absolute Gasteiger partial charge is 1.00 e. The number of hydrogen-bond acceptors (Lipinski definition) is 6. The van der Waals surface area contributed by atoms with Crippen molar-refractivity contribution >= 4 is 23.7 Å². The van der Waals surface area contributed by atoms with Crippen LogP contribution in [-0.2, 0) is 14.4 Å². The zero-order valence-corrected chi connectivity index (χ0v) is 21.6. The van der Waals surface area contributed by atoms with E-state index in [-0.39, 0.29) is 56.3 Å². The standard InChI is InChI=1S/C25H27N5O4.Na.H/c31-22(8-4-13-26-25-27-14-5-15-28-25)29-17-23(32)30-21(16-24(33)34)20-11-9-19(10-12-20)18-6-2-1-3-7-18;;/h1-3,5-7,9-12,14-15,21H,4,8,13,16-17H2,(H,29,31)(H,30,32)(H,33,34)(H,26,27,28);;/q;+1;-1. The van der Waals surface area contributed by atoms with Gasteiger partial charge in [0.25, 0.3) is 0 Å². The molecule has 3 rings (SSSR count). The van der Waals surface area contributed by atoms with Crippen molar-refractivity contribution in [2.24, 2.45) is 0 Å². The zero-order chi connectivity index (χ0) is 24.2. The van der Waals surface area contributed by atoms with Crippen LogP contribution in [0.1, 0.15) is 32.3 Å². The number of benzene rings is 2. The van der Waals surface area contributed by atoms with E-state index in [1.165, 1.54) is 0 Å². The average molecular weight is 486 g/mol. The molecule has 35 heavy (non-hydrogen) atoms. The van der Waals surface area contributed by atoms with Crippen molar-refractivity contribution in [1.29, 1.82) is 0 Å². The first kappa shape index (κ1) is 28.0. The fourth-order valence-corrected chi connectivity index (χ4v) is 3.32. The van der Waals surface area contributed by atoms with Gasteiger partial charge in [0.2, 0.25) is 17.8 Å². The van der Waals surface area contributed by atoms with Gasteiger partial charge in [-0.3, -0.25) is 14.4 Å². The number of nitrogens with zero attached hydrogens (tertiary/aromatic N) is 2. The van der Waals surface area contributed by atoms with Gasteiger partial charge >= 0.3 is 35.5 Å². The molecule has 1 heterocycles. The van der Waals surface area contributed by atoms with Crippen molar-refractivity contribution in [2.75, 3.05) is 18.4 Å². The topological polar surface area (TPSA) is 133 Å². The molecule has 0 bridgehead atoms. The fraction of sp³-hybridized carbons (Fsp3) is 0.240. The number of aliphatic carboxylic acids is 1. The minimum Gasteiger partial charge on any atom is -1.00 e. The monoisotopic (exact) mass is 485 g/mol. The second kappa shape index (κ2) is 14.9. The molecule has 1 unspecified atom stereocenters. The van der Waals surface area contributed by atoms with E-state index < -0.39 is 17.9 Å². The van der Waals surface area contributed by atoms with E-state index in [2.05, 4.69) is 25.9 Å². The summed E-state index contributed by atoms with van der Waals surface area (Å²) in [6.07, 6.45) is 3.75. The number of hydrogen-bond donors (Lipinski definition) is 4. The second-order valence-electron chi connectivity index (χ2n) is 7.59. The van der Waals surface area contributed by atoms with Crippen LogP contribution in [-0.4, -0.2) is 45.9 Å². The predicted molar refractivity (Wildman–Crippen MR) is 129 cm³/mol. The van der Waals surface area contributed by atoms with Gasteiger partial charge in [-0.25, -0.2) is 9.97 Å². The Kier molecular flexibility index (Phi) is 11.9. The quantitative estimate of drug-likeness (QED) is 0.208. The summed E-state index contributed by atoms with van der Waals surface area (Å²) in [5.74, 6) is -1.27. The molecular weight excluding hydrogens is 457 g/mol. The Morgan fingerprint density at radius 3 is 2.20 bits per heavy atom. The van der Waals surface area contributed by atoms with Gasteiger partial charge in [-0.15, -0.1) is 0 Å². The van der Waals surface area contributed by atoms with Crippen molar-refractivity contribution in [1.82, 2.24) is 20.6 Å². The van der Waals surface area contributed by atoms with Crippen molar-refractivity contribution in [2.45, 2.75) is 25.3 Å². The summed E-state index contributed by atoms with van der Waals surface area (Å²) in [6, 6.07) is 18.2. The minimum absolute atomic E-state index is 0. The molecule has 2 amide bonds. The minimum atomic E-state index is -1.03. The maximum absolute atomic E-state index is 12.4. The van der Waals surface area contributed by atoms with E-state index in [1.807, 2.05) is 42.5 Å². The summed E-state index contributed by atoms with van der Waals surface area (Å²) >= 11 is 0. The number of carbonyl (C=O) groups excluding carboxylic acids is 2. The summed E-state index contributed by atoms with van der Waals surface area (Å²) in [6.45, 7) is 0.287. The Morgan fingerprint density at radius 2 is 1.54 bits per heavy atom. The van der Waals surface area contributed by atoms with E-state index in [0.29, 0.717) is 24.5 Å². The van der Waals surface area contributed by atoms with Crippen LogP contribution in [0.4, 0.5) is 5.95 Å². The number of anilines is 1. The summed E-state index contributed by atoms with van der Waals surface area (Å²) in [5, 5.41) is 17.5. The molecule has 9 nitrogen and oxygen atoms in total. The van der Waals surface area contributed by atoms with E-state index in [1.54, 1.807) is 30.6 Å². The molecule has 4 N–H and O–H groups in total. The molecule has 0 radical (unpaired) electrons. The van der Waals surface area contributed by atoms with Crippen LogP contribution >= 0.6 is 0 Å². The van der Waals surface area contributed by atoms with Gasteiger partial charge in [0, 0.05) is 25.4 Å². The molecule has 178 valence electrons. The molecule has 0 fully saturated rings. The largest absolute Gasteiger partial charge is 1.00 e. The first-order valence-electron chi connectivity index (χ1n) is 11.0. The van der Waals surface area contributed by atoms with Gasteiger partial charge in [-0.2, -0.15) is 0 Å². The molecule has 1 aromatic heterocycles. The number of rotatable bonds is 12. The molecule has 3 aromatic rings. The van der Waals surface area contributed by atoms with Crippen molar-refractivity contribution < 1.29 is 50.5 Å². The van der Waals surface area contributed by atoms with Gasteiger partial charge in [0.1, 0.15) is 0 Å². The van der Waals surface area contributed by atoms with Crippen LogP contribution in [0.2, 0.25) is 0 Å². The summed E-state index contributed by atoms with van der Waals surface area (Å²) < 4.78 is 0. The van der Waals surface area contributed by atoms with Crippen molar-refractivity contribution in [3.05, 3.63) is 78.6 Å². The van der Waals surface area contributed by atoms with Gasteiger partial charge in [0.05, 0.1) is 19.0 Å². The average Bonchev–Trinajstić information content (AvgIpc) is 2.86. The Balaban J connectivity index is 0.00000324. The maximum atomic E-state index is 12.4. The van der Waals surface area contributed by atoms with Crippen LogP contribution in [0.15, 0.2) is 73.1 Å².